The van der Waals surface area contributed by atoms with Crippen LogP contribution in [0.15, 0.2) is 36.4 Å². The Morgan fingerprint density at radius 3 is 2.19 bits per heavy atom. The zero-order valence-electron chi connectivity index (χ0n) is 10.3. The molecule has 0 unspecified atom stereocenters. The fourth-order valence-corrected chi connectivity index (χ4v) is 2.15. The molecule has 1 aromatic carbocycles. The molecule has 0 saturated carbocycles. The maximum absolute atomic E-state index is 2.35. The van der Waals surface area contributed by atoms with E-state index >= 15 is 0 Å². The normalized spacial score (nSPS) is 10.7. The van der Waals surface area contributed by atoms with Gasteiger partial charge in [-0.2, -0.15) is 0 Å². The summed E-state index contributed by atoms with van der Waals surface area (Å²) < 4.78 is 2.35. The molecule has 0 saturated heterocycles. The van der Waals surface area contributed by atoms with Crippen molar-refractivity contribution in [3.63, 3.8) is 0 Å². The van der Waals surface area contributed by atoms with E-state index in [4.69, 9.17) is 0 Å². The molecule has 84 valence electrons. The zero-order chi connectivity index (χ0) is 11.5. The molecule has 1 heteroatoms. The number of hydrogen-bond acceptors (Lipinski definition) is 0. The van der Waals surface area contributed by atoms with Crippen LogP contribution in [0.1, 0.15) is 25.1 Å². The van der Waals surface area contributed by atoms with Gasteiger partial charge in [0.2, 0.25) is 0 Å². The minimum Gasteiger partial charge on any atom is -0.345 e. The number of nitrogens with zero attached hydrogens (tertiary/aromatic N) is 1. The summed E-state index contributed by atoms with van der Waals surface area (Å²) in [4.78, 5) is 0. The van der Waals surface area contributed by atoms with Crippen molar-refractivity contribution in [2.24, 2.45) is 0 Å². The fraction of sp³-hybridized carbons (Fsp3) is 0.333. The lowest BCUT2D eigenvalue weighted by molar-refractivity contribution is 0.750. The van der Waals surface area contributed by atoms with Crippen molar-refractivity contribution in [2.75, 3.05) is 0 Å². The summed E-state index contributed by atoms with van der Waals surface area (Å²) in [6.07, 6.45) is 1.11. The maximum Gasteiger partial charge on any atom is 0.0482 e. The molecule has 0 radical (unpaired) electrons. The minimum atomic E-state index is 1.03. The van der Waals surface area contributed by atoms with E-state index in [0.717, 1.165) is 13.0 Å². The lowest BCUT2D eigenvalue weighted by Crippen LogP contribution is -1.98. The van der Waals surface area contributed by atoms with Gasteiger partial charge in [-0.1, -0.05) is 31.2 Å². The number of hydrogen-bond donors (Lipinski definition) is 0. The SMILES string of the molecule is CCc1ccc(-c2ccc(C)n2CC)cc1. The number of aromatic nitrogens is 1. The van der Waals surface area contributed by atoms with Gasteiger partial charge in [0.1, 0.15) is 0 Å². The molecular formula is C15H19N. The largest absolute Gasteiger partial charge is 0.345 e. The molecule has 0 aliphatic rings. The van der Waals surface area contributed by atoms with Crippen LogP contribution in [0.3, 0.4) is 0 Å². The Labute approximate surface area is 97.7 Å². The second-order valence-corrected chi connectivity index (χ2v) is 4.15. The number of rotatable bonds is 3. The molecule has 0 bridgehead atoms. The Bertz CT molecular complexity index is 463. The summed E-state index contributed by atoms with van der Waals surface area (Å²) in [5.41, 5.74) is 5.36. The summed E-state index contributed by atoms with van der Waals surface area (Å²) in [6.45, 7) is 7.57. The zero-order valence-corrected chi connectivity index (χ0v) is 10.3. The van der Waals surface area contributed by atoms with E-state index in [1.807, 2.05) is 0 Å². The van der Waals surface area contributed by atoms with Crippen LogP contribution in [0.4, 0.5) is 0 Å². The third-order valence-corrected chi connectivity index (χ3v) is 3.17. The predicted octanol–water partition coefficient (Wildman–Crippen LogP) is 4.05. The summed E-state index contributed by atoms with van der Waals surface area (Å²) >= 11 is 0. The Morgan fingerprint density at radius 1 is 0.938 bits per heavy atom. The highest BCUT2D eigenvalue weighted by atomic mass is 15.0. The second kappa shape index (κ2) is 4.56. The van der Waals surface area contributed by atoms with E-state index in [-0.39, 0.29) is 0 Å². The summed E-state index contributed by atoms with van der Waals surface area (Å²) in [5.74, 6) is 0. The smallest absolute Gasteiger partial charge is 0.0482 e. The van der Waals surface area contributed by atoms with Crippen molar-refractivity contribution in [1.82, 2.24) is 4.57 Å². The van der Waals surface area contributed by atoms with Crippen molar-refractivity contribution in [3.05, 3.63) is 47.7 Å². The van der Waals surface area contributed by atoms with E-state index in [1.165, 1.54) is 22.5 Å². The van der Waals surface area contributed by atoms with E-state index in [0.29, 0.717) is 0 Å². The summed E-state index contributed by atoms with van der Waals surface area (Å²) in [7, 11) is 0. The topological polar surface area (TPSA) is 4.93 Å². The molecule has 0 aliphatic carbocycles. The third-order valence-electron chi connectivity index (χ3n) is 3.17. The molecule has 0 amide bonds. The maximum atomic E-state index is 2.35. The highest BCUT2D eigenvalue weighted by Crippen LogP contribution is 2.22. The molecule has 0 aliphatic heterocycles. The molecule has 16 heavy (non-hydrogen) atoms. The van der Waals surface area contributed by atoms with Crippen molar-refractivity contribution < 1.29 is 0 Å². The van der Waals surface area contributed by atoms with Gasteiger partial charge in [0.15, 0.2) is 0 Å². The van der Waals surface area contributed by atoms with Crippen molar-refractivity contribution in [3.8, 4) is 11.3 Å². The van der Waals surface area contributed by atoms with Gasteiger partial charge in [0, 0.05) is 17.9 Å². The van der Waals surface area contributed by atoms with Crippen molar-refractivity contribution >= 4 is 0 Å². The Morgan fingerprint density at radius 2 is 1.62 bits per heavy atom. The van der Waals surface area contributed by atoms with E-state index in [1.54, 1.807) is 0 Å². The number of aryl methyl sites for hydroxylation is 2. The van der Waals surface area contributed by atoms with Crippen LogP contribution >= 0.6 is 0 Å². The molecule has 0 atom stereocenters. The molecule has 1 nitrogen and oxygen atoms in total. The van der Waals surface area contributed by atoms with Gasteiger partial charge in [0.05, 0.1) is 0 Å². The first-order chi connectivity index (χ1) is 7.76. The molecule has 2 rings (SSSR count). The lowest BCUT2D eigenvalue weighted by atomic mass is 10.1. The second-order valence-electron chi connectivity index (χ2n) is 4.15. The van der Waals surface area contributed by atoms with Gasteiger partial charge in [0.25, 0.3) is 0 Å². The molecule has 0 spiro atoms. The quantitative estimate of drug-likeness (QED) is 0.725. The first kappa shape index (κ1) is 11.0. The van der Waals surface area contributed by atoms with Crippen molar-refractivity contribution in [2.45, 2.75) is 33.7 Å². The van der Waals surface area contributed by atoms with Crippen LogP contribution < -0.4 is 0 Å². The number of benzene rings is 1. The van der Waals surface area contributed by atoms with Crippen LogP contribution in [-0.4, -0.2) is 4.57 Å². The van der Waals surface area contributed by atoms with Crippen molar-refractivity contribution in [1.29, 1.82) is 0 Å². The lowest BCUT2D eigenvalue weighted by Gasteiger charge is -2.09. The summed E-state index contributed by atoms with van der Waals surface area (Å²) in [6, 6.07) is 13.3. The Balaban J connectivity index is 2.42. The monoisotopic (exact) mass is 213 g/mol. The Kier molecular flexibility index (Phi) is 3.14. The van der Waals surface area contributed by atoms with Gasteiger partial charge in [-0.25, -0.2) is 0 Å². The van der Waals surface area contributed by atoms with Gasteiger partial charge in [-0.15, -0.1) is 0 Å². The van der Waals surface area contributed by atoms with E-state index in [2.05, 4.69) is 61.7 Å². The van der Waals surface area contributed by atoms with Crippen LogP contribution in [0.2, 0.25) is 0 Å². The van der Waals surface area contributed by atoms with Gasteiger partial charge in [-0.05, 0) is 43.5 Å². The van der Waals surface area contributed by atoms with Gasteiger partial charge < -0.3 is 4.57 Å². The van der Waals surface area contributed by atoms with Crippen LogP contribution in [0.5, 0.6) is 0 Å². The Hall–Kier alpha value is -1.50. The molecule has 1 aromatic heterocycles. The minimum absolute atomic E-state index is 1.03. The first-order valence-corrected chi connectivity index (χ1v) is 6.01. The van der Waals surface area contributed by atoms with E-state index in [9.17, 15) is 0 Å². The molecule has 0 fully saturated rings. The van der Waals surface area contributed by atoms with E-state index < -0.39 is 0 Å². The average Bonchev–Trinajstić information content (AvgIpc) is 2.70. The molecule has 0 N–H and O–H groups in total. The van der Waals surface area contributed by atoms with Gasteiger partial charge >= 0.3 is 0 Å². The first-order valence-electron chi connectivity index (χ1n) is 6.01. The average molecular weight is 213 g/mol. The fourth-order valence-electron chi connectivity index (χ4n) is 2.15. The highest BCUT2D eigenvalue weighted by molar-refractivity contribution is 5.61. The van der Waals surface area contributed by atoms with Crippen LogP contribution in [0.25, 0.3) is 11.3 Å². The third kappa shape index (κ3) is 1.90. The summed E-state index contributed by atoms with van der Waals surface area (Å²) in [5, 5.41) is 0. The van der Waals surface area contributed by atoms with Crippen LogP contribution in [0, 0.1) is 6.92 Å². The van der Waals surface area contributed by atoms with Gasteiger partial charge in [-0.3, -0.25) is 0 Å². The molecular weight excluding hydrogens is 194 g/mol. The van der Waals surface area contributed by atoms with Crippen LogP contribution in [-0.2, 0) is 13.0 Å². The predicted molar refractivity (Wildman–Crippen MR) is 69.7 cm³/mol. The standard InChI is InChI=1S/C15H19N/c1-4-13-7-9-14(10-8-13)15-11-6-12(3)16(15)5-2/h6-11H,4-5H2,1-3H3. The highest BCUT2D eigenvalue weighted by Gasteiger charge is 2.05. The molecule has 2 aromatic rings. The molecule has 1 heterocycles.